The van der Waals surface area contributed by atoms with Gasteiger partial charge in [-0.15, -0.1) is 0 Å². The molecule has 3 amide bonds. The molecule has 1 heterocycles. The van der Waals surface area contributed by atoms with Crippen molar-refractivity contribution in [3.8, 4) is 11.5 Å². The zero-order valence-corrected chi connectivity index (χ0v) is 19.7. The second-order valence-electron chi connectivity index (χ2n) is 7.20. The van der Waals surface area contributed by atoms with E-state index in [1.807, 2.05) is 0 Å². The van der Waals surface area contributed by atoms with Gasteiger partial charge in [0.1, 0.15) is 0 Å². The number of anilines is 1. The van der Waals surface area contributed by atoms with Crippen molar-refractivity contribution < 1.29 is 33.4 Å². The average Bonchev–Trinajstić information content (AvgIpc) is 3.18. The van der Waals surface area contributed by atoms with Crippen molar-refractivity contribution in [3.63, 3.8) is 0 Å². The lowest BCUT2D eigenvalue weighted by atomic mass is 10.1. The fraction of sp³-hybridized carbons (Fsp3) is 0.273. The Balaban J connectivity index is 1.52. The number of hydrogen-bond donors (Lipinski definition) is 2. The quantitative estimate of drug-likeness (QED) is 0.524. The van der Waals surface area contributed by atoms with Gasteiger partial charge >= 0.3 is 5.97 Å². The highest BCUT2D eigenvalue weighted by Crippen LogP contribution is 2.28. The van der Waals surface area contributed by atoms with Crippen molar-refractivity contribution in [2.24, 2.45) is 5.92 Å². The molecule has 180 valence electrons. The van der Waals surface area contributed by atoms with Gasteiger partial charge in [-0.25, -0.2) is 0 Å². The third kappa shape index (κ3) is 6.09. The zero-order chi connectivity index (χ0) is 24.8. The summed E-state index contributed by atoms with van der Waals surface area (Å²) in [4.78, 5) is 49.2. The smallest absolute Gasteiger partial charge is 0.311 e. The number of carbonyl (C=O) groups excluding carboxylic acids is 4. The number of nitrogens with one attached hydrogen (secondary N) is 2. The molecule has 0 aliphatic carbocycles. The van der Waals surface area contributed by atoms with Crippen molar-refractivity contribution >= 4 is 52.6 Å². The van der Waals surface area contributed by atoms with Crippen LogP contribution in [0.1, 0.15) is 16.8 Å². The van der Waals surface area contributed by atoms with E-state index in [1.54, 1.807) is 12.1 Å². The summed E-state index contributed by atoms with van der Waals surface area (Å²) in [6.45, 7) is -0.665. The van der Waals surface area contributed by atoms with Crippen LogP contribution in [0, 0.1) is 5.92 Å². The topological polar surface area (TPSA) is 123 Å². The van der Waals surface area contributed by atoms with E-state index in [-0.39, 0.29) is 23.6 Å². The average molecular weight is 510 g/mol. The molecule has 1 aliphatic rings. The molecule has 12 heteroatoms. The molecule has 0 unspecified atom stereocenters. The van der Waals surface area contributed by atoms with Gasteiger partial charge in [-0.1, -0.05) is 23.2 Å². The van der Waals surface area contributed by atoms with Crippen LogP contribution in [0.4, 0.5) is 5.69 Å². The van der Waals surface area contributed by atoms with Crippen LogP contribution < -0.4 is 20.2 Å². The number of hydrazine groups is 1. The molecule has 34 heavy (non-hydrogen) atoms. The van der Waals surface area contributed by atoms with Crippen LogP contribution in [-0.4, -0.2) is 56.1 Å². The summed E-state index contributed by atoms with van der Waals surface area (Å²) in [6, 6.07) is 9.05. The first-order valence-corrected chi connectivity index (χ1v) is 10.7. The van der Waals surface area contributed by atoms with Crippen LogP contribution in [0.3, 0.4) is 0 Å². The largest absolute Gasteiger partial charge is 0.493 e. The van der Waals surface area contributed by atoms with Crippen molar-refractivity contribution in [2.75, 3.05) is 32.7 Å². The Labute approximate surface area is 205 Å². The molecule has 3 rings (SSSR count). The standard InChI is InChI=1S/C22H21Cl2N3O7/c1-32-17-6-3-12(7-18(17)33-2)21(30)26-27-10-13(8-20(27)29)22(31)34-11-19(28)25-16-5-4-14(23)9-15(16)24/h3-7,9,13H,8,10-11H2,1-2H3,(H,25,28)(H,26,30)/t13-/m0/s1. The number of carbonyl (C=O) groups is 4. The van der Waals surface area contributed by atoms with E-state index in [9.17, 15) is 19.2 Å². The molecule has 1 saturated heterocycles. The predicted molar refractivity (Wildman–Crippen MR) is 123 cm³/mol. The van der Waals surface area contributed by atoms with E-state index in [2.05, 4.69) is 10.7 Å². The number of nitrogens with zero attached hydrogens (tertiary/aromatic N) is 1. The van der Waals surface area contributed by atoms with Gasteiger partial charge in [0.25, 0.3) is 11.8 Å². The van der Waals surface area contributed by atoms with Crippen molar-refractivity contribution in [3.05, 3.63) is 52.0 Å². The Morgan fingerprint density at radius 2 is 1.79 bits per heavy atom. The molecular weight excluding hydrogens is 489 g/mol. The van der Waals surface area contributed by atoms with Crippen LogP contribution >= 0.6 is 23.2 Å². The summed E-state index contributed by atoms with van der Waals surface area (Å²) < 4.78 is 15.3. The first-order chi connectivity index (χ1) is 16.2. The predicted octanol–water partition coefficient (Wildman–Crippen LogP) is 2.69. The van der Waals surface area contributed by atoms with Crippen molar-refractivity contribution in [1.82, 2.24) is 10.4 Å². The minimum atomic E-state index is -0.842. The Hall–Kier alpha value is -3.50. The first-order valence-electron chi connectivity index (χ1n) is 9.96. The lowest BCUT2D eigenvalue weighted by Gasteiger charge is -2.18. The van der Waals surface area contributed by atoms with Gasteiger partial charge in [-0.05, 0) is 36.4 Å². The number of methoxy groups -OCH3 is 2. The highest BCUT2D eigenvalue weighted by atomic mass is 35.5. The Bertz CT molecular complexity index is 1130. The van der Waals surface area contributed by atoms with Crippen LogP contribution in [0.2, 0.25) is 10.0 Å². The van der Waals surface area contributed by atoms with Crippen LogP contribution in [0.15, 0.2) is 36.4 Å². The maximum absolute atomic E-state index is 12.5. The normalized spacial score (nSPS) is 15.0. The minimum absolute atomic E-state index is 0.0959. The summed E-state index contributed by atoms with van der Waals surface area (Å²) in [5.74, 6) is -2.43. The summed E-state index contributed by atoms with van der Waals surface area (Å²) in [5, 5.41) is 4.18. The van der Waals surface area contributed by atoms with Gasteiger partial charge < -0.3 is 19.5 Å². The van der Waals surface area contributed by atoms with Gasteiger partial charge in [0, 0.05) is 17.0 Å². The number of halogens is 2. The van der Waals surface area contributed by atoms with Crippen LogP contribution in [0.25, 0.3) is 0 Å². The molecule has 0 bridgehead atoms. The molecule has 0 spiro atoms. The maximum atomic E-state index is 12.5. The summed E-state index contributed by atoms with van der Waals surface area (Å²) in [7, 11) is 2.90. The molecule has 1 atom stereocenters. The molecular formula is C22H21Cl2N3O7. The second kappa shape index (κ2) is 11.1. The monoisotopic (exact) mass is 509 g/mol. The minimum Gasteiger partial charge on any atom is -0.493 e. The van der Waals surface area contributed by atoms with E-state index < -0.39 is 36.2 Å². The van der Waals surface area contributed by atoms with E-state index >= 15 is 0 Å². The van der Waals surface area contributed by atoms with E-state index in [0.29, 0.717) is 22.2 Å². The van der Waals surface area contributed by atoms with Gasteiger partial charge in [0.15, 0.2) is 18.1 Å². The van der Waals surface area contributed by atoms with E-state index in [4.69, 9.17) is 37.4 Å². The fourth-order valence-electron chi connectivity index (χ4n) is 3.17. The number of benzene rings is 2. The molecule has 0 aromatic heterocycles. The Kier molecular flexibility index (Phi) is 8.19. The van der Waals surface area contributed by atoms with E-state index in [0.717, 1.165) is 5.01 Å². The van der Waals surface area contributed by atoms with Crippen molar-refractivity contribution in [1.29, 1.82) is 0 Å². The summed E-state index contributed by atoms with van der Waals surface area (Å²) >= 11 is 11.8. The molecule has 10 nitrogen and oxygen atoms in total. The number of hydrogen-bond acceptors (Lipinski definition) is 7. The first kappa shape index (κ1) is 25.1. The third-order valence-corrected chi connectivity index (χ3v) is 5.44. The van der Waals surface area contributed by atoms with Crippen molar-refractivity contribution in [2.45, 2.75) is 6.42 Å². The maximum Gasteiger partial charge on any atom is 0.311 e. The fourth-order valence-corrected chi connectivity index (χ4v) is 3.63. The van der Waals surface area contributed by atoms with Gasteiger partial charge in [-0.2, -0.15) is 0 Å². The summed E-state index contributed by atoms with van der Waals surface area (Å²) in [6.07, 6.45) is -0.171. The number of esters is 1. The molecule has 0 saturated carbocycles. The van der Waals surface area contributed by atoms with Gasteiger partial charge in [-0.3, -0.25) is 29.6 Å². The van der Waals surface area contributed by atoms with Gasteiger partial charge in [0.05, 0.1) is 37.4 Å². The SMILES string of the molecule is COc1ccc(C(=O)NN2C[C@@H](C(=O)OCC(=O)Nc3ccc(Cl)cc3Cl)CC2=O)cc1OC. The molecule has 2 N–H and O–H groups in total. The van der Waals surface area contributed by atoms with Crippen LogP contribution in [-0.2, 0) is 19.1 Å². The molecule has 0 radical (unpaired) electrons. The second-order valence-corrected chi connectivity index (χ2v) is 8.04. The third-order valence-electron chi connectivity index (χ3n) is 4.89. The Morgan fingerprint density at radius 3 is 2.47 bits per heavy atom. The molecule has 2 aromatic carbocycles. The number of ether oxygens (including phenoxy) is 3. The molecule has 1 aliphatic heterocycles. The highest BCUT2D eigenvalue weighted by molar-refractivity contribution is 6.36. The molecule has 2 aromatic rings. The Morgan fingerprint density at radius 1 is 1.06 bits per heavy atom. The lowest BCUT2D eigenvalue weighted by Crippen LogP contribution is -2.43. The van der Waals surface area contributed by atoms with E-state index in [1.165, 1.54) is 38.5 Å². The number of rotatable bonds is 8. The lowest BCUT2D eigenvalue weighted by molar-refractivity contribution is -0.151. The van der Waals surface area contributed by atoms with Gasteiger partial charge in [0.2, 0.25) is 5.91 Å². The molecule has 1 fully saturated rings. The summed E-state index contributed by atoms with van der Waals surface area (Å²) in [5.41, 5.74) is 3.01. The highest BCUT2D eigenvalue weighted by Gasteiger charge is 2.36. The number of amides is 3. The van der Waals surface area contributed by atoms with Crippen LogP contribution in [0.5, 0.6) is 11.5 Å². The zero-order valence-electron chi connectivity index (χ0n) is 18.2.